The molecule has 1 unspecified atom stereocenters. The summed E-state index contributed by atoms with van der Waals surface area (Å²) < 4.78 is 0. The Morgan fingerprint density at radius 1 is 1.15 bits per heavy atom. The molecule has 140 valence electrons. The molecule has 2 heterocycles. The number of halogens is 2. The molecule has 1 aliphatic heterocycles. The first-order valence-electron chi connectivity index (χ1n) is 8.83. The SMILES string of the molecule is CN(C)c1nccc(N(C)C2CCCN(Cc3ccc(Cl)c(Cl)c3)C2)n1. The fraction of sp³-hybridized carbons (Fsp3) is 0.474. The molecule has 2 aromatic rings. The summed E-state index contributed by atoms with van der Waals surface area (Å²) >= 11 is 12.2. The maximum atomic E-state index is 6.15. The summed E-state index contributed by atoms with van der Waals surface area (Å²) in [4.78, 5) is 15.6. The smallest absolute Gasteiger partial charge is 0.226 e. The summed E-state index contributed by atoms with van der Waals surface area (Å²) in [5.74, 6) is 1.70. The normalized spacial score (nSPS) is 18.0. The van der Waals surface area contributed by atoms with Crippen molar-refractivity contribution in [3.05, 3.63) is 46.1 Å². The second-order valence-electron chi connectivity index (χ2n) is 7.00. The molecule has 0 aliphatic carbocycles. The Kier molecular flexibility index (Phi) is 6.22. The van der Waals surface area contributed by atoms with Gasteiger partial charge in [-0.2, -0.15) is 4.98 Å². The van der Waals surface area contributed by atoms with Crippen LogP contribution in [0.1, 0.15) is 18.4 Å². The lowest BCUT2D eigenvalue weighted by atomic mass is 10.0. The number of aromatic nitrogens is 2. The molecule has 0 saturated carbocycles. The summed E-state index contributed by atoms with van der Waals surface area (Å²) in [6.45, 7) is 2.98. The van der Waals surface area contributed by atoms with Crippen LogP contribution in [0.2, 0.25) is 10.0 Å². The number of nitrogens with zero attached hydrogens (tertiary/aromatic N) is 5. The Balaban J connectivity index is 1.67. The third-order valence-electron chi connectivity index (χ3n) is 4.81. The van der Waals surface area contributed by atoms with Crippen LogP contribution in [-0.2, 0) is 6.54 Å². The van der Waals surface area contributed by atoms with Crippen LogP contribution < -0.4 is 9.80 Å². The molecular weight excluding hydrogens is 369 g/mol. The van der Waals surface area contributed by atoms with E-state index in [2.05, 4.69) is 32.9 Å². The second-order valence-corrected chi connectivity index (χ2v) is 7.81. The Labute approximate surface area is 165 Å². The van der Waals surface area contributed by atoms with E-state index < -0.39 is 0 Å². The van der Waals surface area contributed by atoms with Crippen molar-refractivity contribution in [2.24, 2.45) is 0 Å². The van der Waals surface area contributed by atoms with Crippen LogP contribution in [-0.4, -0.2) is 55.1 Å². The van der Waals surface area contributed by atoms with E-state index in [1.165, 1.54) is 12.0 Å². The van der Waals surface area contributed by atoms with Crippen LogP contribution in [0, 0.1) is 0 Å². The fourth-order valence-corrected chi connectivity index (χ4v) is 3.65. The lowest BCUT2D eigenvalue weighted by molar-refractivity contribution is 0.198. The Bertz CT molecular complexity index is 752. The molecular formula is C19H25Cl2N5. The van der Waals surface area contributed by atoms with Gasteiger partial charge in [-0.25, -0.2) is 4.98 Å². The van der Waals surface area contributed by atoms with E-state index in [1.54, 1.807) is 0 Å². The average molecular weight is 394 g/mol. The Morgan fingerprint density at radius 2 is 1.96 bits per heavy atom. The summed E-state index contributed by atoms with van der Waals surface area (Å²) in [5, 5.41) is 1.22. The van der Waals surface area contributed by atoms with Crippen molar-refractivity contribution in [1.82, 2.24) is 14.9 Å². The molecule has 0 bridgehead atoms. The molecule has 3 rings (SSSR count). The van der Waals surface area contributed by atoms with E-state index in [9.17, 15) is 0 Å². The average Bonchev–Trinajstić information content (AvgIpc) is 2.64. The molecule has 5 nitrogen and oxygen atoms in total. The minimum atomic E-state index is 0.427. The number of hydrogen-bond donors (Lipinski definition) is 0. The van der Waals surface area contributed by atoms with E-state index >= 15 is 0 Å². The van der Waals surface area contributed by atoms with Crippen LogP contribution >= 0.6 is 23.2 Å². The fourth-order valence-electron chi connectivity index (χ4n) is 3.33. The number of hydrogen-bond acceptors (Lipinski definition) is 5. The van der Waals surface area contributed by atoms with E-state index in [4.69, 9.17) is 23.2 Å². The summed E-state index contributed by atoms with van der Waals surface area (Å²) in [7, 11) is 6.03. The lowest BCUT2D eigenvalue weighted by Gasteiger charge is -2.38. The number of anilines is 2. The molecule has 1 aromatic heterocycles. The number of benzene rings is 1. The predicted octanol–water partition coefficient (Wildman–Crippen LogP) is 3.95. The van der Waals surface area contributed by atoms with E-state index in [0.29, 0.717) is 16.1 Å². The predicted molar refractivity (Wildman–Crippen MR) is 110 cm³/mol. The van der Waals surface area contributed by atoms with Crippen molar-refractivity contribution < 1.29 is 0 Å². The minimum Gasteiger partial charge on any atom is -0.355 e. The molecule has 1 fully saturated rings. The largest absolute Gasteiger partial charge is 0.355 e. The van der Waals surface area contributed by atoms with Gasteiger partial charge in [0.15, 0.2) is 0 Å². The number of piperidine rings is 1. The first-order chi connectivity index (χ1) is 12.4. The first-order valence-corrected chi connectivity index (χ1v) is 9.59. The molecule has 1 aliphatic rings. The zero-order valence-corrected chi connectivity index (χ0v) is 17.0. The lowest BCUT2D eigenvalue weighted by Crippen LogP contribution is -2.46. The number of likely N-dealkylation sites (N-methyl/N-ethyl adjacent to an activating group) is 1. The van der Waals surface area contributed by atoms with Crippen molar-refractivity contribution in [1.29, 1.82) is 0 Å². The summed E-state index contributed by atoms with van der Waals surface area (Å²) in [5.41, 5.74) is 1.19. The molecule has 0 amide bonds. The molecule has 0 radical (unpaired) electrons. The third-order valence-corrected chi connectivity index (χ3v) is 5.55. The van der Waals surface area contributed by atoms with Gasteiger partial charge in [-0.3, -0.25) is 4.90 Å². The van der Waals surface area contributed by atoms with Gasteiger partial charge >= 0.3 is 0 Å². The van der Waals surface area contributed by atoms with Crippen molar-refractivity contribution in [3.8, 4) is 0 Å². The highest BCUT2D eigenvalue weighted by Gasteiger charge is 2.24. The zero-order valence-electron chi connectivity index (χ0n) is 15.5. The highest BCUT2D eigenvalue weighted by atomic mass is 35.5. The van der Waals surface area contributed by atoms with Gasteiger partial charge in [0.2, 0.25) is 5.95 Å². The summed E-state index contributed by atoms with van der Waals surface area (Å²) in [6.07, 6.45) is 4.15. The first kappa shape index (κ1) is 19.2. The topological polar surface area (TPSA) is 35.5 Å². The van der Waals surface area contributed by atoms with Crippen molar-refractivity contribution >= 4 is 35.0 Å². The molecule has 26 heavy (non-hydrogen) atoms. The highest BCUT2D eigenvalue weighted by molar-refractivity contribution is 6.42. The highest BCUT2D eigenvalue weighted by Crippen LogP contribution is 2.25. The second kappa shape index (κ2) is 8.42. The zero-order chi connectivity index (χ0) is 18.7. The van der Waals surface area contributed by atoms with Crippen molar-refractivity contribution in [2.45, 2.75) is 25.4 Å². The van der Waals surface area contributed by atoms with Gasteiger partial charge in [0, 0.05) is 46.5 Å². The van der Waals surface area contributed by atoms with Crippen LogP contribution in [0.4, 0.5) is 11.8 Å². The maximum Gasteiger partial charge on any atom is 0.226 e. The van der Waals surface area contributed by atoms with Crippen LogP contribution in [0.25, 0.3) is 0 Å². The monoisotopic (exact) mass is 393 g/mol. The Hall–Kier alpha value is -1.56. The van der Waals surface area contributed by atoms with Gasteiger partial charge in [0.05, 0.1) is 10.0 Å². The van der Waals surface area contributed by atoms with Gasteiger partial charge in [0.1, 0.15) is 5.82 Å². The Morgan fingerprint density at radius 3 is 2.69 bits per heavy atom. The van der Waals surface area contributed by atoms with Gasteiger partial charge in [0.25, 0.3) is 0 Å². The molecule has 0 N–H and O–H groups in total. The van der Waals surface area contributed by atoms with E-state index in [0.717, 1.165) is 37.8 Å². The quantitative estimate of drug-likeness (QED) is 0.768. The van der Waals surface area contributed by atoms with Crippen LogP contribution in [0.15, 0.2) is 30.5 Å². The van der Waals surface area contributed by atoms with Crippen molar-refractivity contribution in [2.75, 3.05) is 44.0 Å². The number of rotatable bonds is 5. The molecule has 1 saturated heterocycles. The minimum absolute atomic E-state index is 0.427. The van der Waals surface area contributed by atoms with Crippen LogP contribution in [0.3, 0.4) is 0 Å². The molecule has 1 aromatic carbocycles. The number of likely N-dealkylation sites (tertiary alicyclic amines) is 1. The van der Waals surface area contributed by atoms with Crippen molar-refractivity contribution in [3.63, 3.8) is 0 Å². The van der Waals surface area contributed by atoms with Gasteiger partial charge in [-0.15, -0.1) is 0 Å². The molecule has 1 atom stereocenters. The van der Waals surface area contributed by atoms with Gasteiger partial charge in [-0.05, 0) is 43.1 Å². The van der Waals surface area contributed by atoms with Gasteiger partial charge in [-0.1, -0.05) is 29.3 Å². The standard InChI is InChI=1S/C19H25Cl2N5/c1-24(2)19-22-9-8-18(23-19)25(3)15-5-4-10-26(13-15)12-14-6-7-16(20)17(21)11-14/h6-9,11,15H,4-5,10,12-13H2,1-3H3. The van der Waals surface area contributed by atoms with Crippen LogP contribution in [0.5, 0.6) is 0 Å². The molecule has 0 spiro atoms. The van der Waals surface area contributed by atoms with E-state index in [1.807, 2.05) is 43.4 Å². The van der Waals surface area contributed by atoms with Gasteiger partial charge < -0.3 is 9.80 Å². The third kappa shape index (κ3) is 4.58. The maximum absolute atomic E-state index is 6.15. The molecule has 7 heteroatoms. The summed E-state index contributed by atoms with van der Waals surface area (Å²) in [6, 6.07) is 8.29. The van der Waals surface area contributed by atoms with E-state index in [-0.39, 0.29) is 0 Å².